The van der Waals surface area contributed by atoms with Crippen LogP contribution in [-0.2, 0) is 26.9 Å². The zero-order chi connectivity index (χ0) is 21.7. The minimum absolute atomic E-state index is 0.0357. The van der Waals surface area contributed by atoms with Crippen LogP contribution < -0.4 is 5.32 Å². The lowest BCUT2D eigenvalue weighted by Crippen LogP contribution is -2.13. The van der Waals surface area contributed by atoms with Crippen molar-refractivity contribution in [2.75, 3.05) is 11.9 Å². The van der Waals surface area contributed by atoms with Gasteiger partial charge in [-0.25, -0.2) is 15.0 Å². The molecule has 0 aliphatic rings. The summed E-state index contributed by atoms with van der Waals surface area (Å²) >= 11 is 1.29. The van der Waals surface area contributed by atoms with Crippen LogP contribution in [0.15, 0.2) is 42.7 Å². The number of hydrogen-bond donors (Lipinski definition) is 1. The van der Waals surface area contributed by atoms with E-state index >= 15 is 0 Å². The third-order valence-electron chi connectivity index (χ3n) is 3.69. The number of nitrogens with one attached hydrogen (secondary N) is 1. The fourth-order valence-electron chi connectivity index (χ4n) is 2.38. The highest BCUT2D eigenvalue weighted by atomic mass is 32.1. The summed E-state index contributed by atoms with van der Waals surface area (Å²) < 4.78 is 43.1. The van der Waals surface area contributed by atoms with Crippen LogP contribution in [0, 0.1) is 0 Å². The minimum atomic E-state index is -4.56. The highest BCUT2D eigenvalue weighted by Crippen LogP contribution is 2.30. The molecule has 0 aliphatic carbocycles. The lowest BCUT2D eigenvalue weighted by Gasteiger charge is -2.09. The quantitative estimate of drug-likeness (QED) is 0.559. The normalized spacial score (nSPS) is 11.2. The molecule has 30 heavy (non-hydrogen) atoms. The van der Waals surface area contributed by atoms with E-state index in [1.54, 1.807) is 30.5 Å². The van der Waals surface area contributed by atoms with Crippen molar-refractivity contribution in [2.45, 2.75) is 19.5 Å². The first-order chi connectivity index (χ1) is 14.2. The molecule has 0 spiro atoms. The fraction of sp³-hybridized carbons (Fsp3) is 0.211. The first kappa shape index (κ1) is 21.4. The number of carbonyl (C=O) groups is 2. The Labute approximate surface area is 173 Å². The zero-order valence-corrected chi connectivity index (χ0v) is 16.4. The molecule has 0 atom stereocenters. The molecule has 156 valence electrons. The molecule has 2 aromatic heterocycles. The lowest BCUT2D eigenvalue weighted by atomic mass is 10.2. The number of hydrogen-bond acceptors (Lipinski definition) is 8. The summed E-state index contributed by atoms with van der Waals surface area (Å²) in [5.74, 6) is -0.983. The average Bonchev–Trinajstić information content (AvgIpc) is 3.15. The van der Waals surface area contributed by atoms with E-state index in [-0.39, 0.29) is 24.8 Å². The predicted molar refractivity (Wildman–Crippen MR) is 103 cm³/mol. The highest BCUT2D eigenvalue weighted by molar-refractivity contribution is 7.15. The van der Waals surface area contributed by atoms with Gasteiger partial charge < -0.3 is 10.1 Å². The van der Waals surface area contributed by atoms with E-state index in [0.29, 0.717) is 10.7 Å². The molecule has 7 nitrogen and oxygen atoms in total. The van der Waals surface area contributed by atoms with Gasteiger partial charge in [0.1, 0.15) is 17.3 Å². The van der Waals surface area contributed by atoms with Crippen molar-refractivity contribution in [3.05, 3.63) is 53.4 Å². The SMILES string of the molecule is CC(=O)OCC(=O)Cc1ncc(-c2cccc(Nc3nccc(C(F)(F)F)n3)c2)s1. The zero-order valence-electron chi connectivity index (χ0n) is 15.6. The van der Waals surface area contributed by atoms with Gasteiger partial charge in [-0.15, -0.1) is 11.3 Å². The van der Waals surface area contributed by atoms with Gasteiger partial charge in [-0.05, 0) is 23.8 Å². The Bertz CT molecular complexity index is 1070. The van der Waals surface area contributed by atoms with Crippen molar-refractivity contribution in [1.29, 1.82) is 0 Å². The number of nitrogens with zero attached hydrogens (tertiary/aromatic N) is 3. The topological polar surface area (TPSA) is 94.1 Å². The molecule has 0 saturated carbocycles. The second-order valence-electron chi connectivity index (χ2n) is 6.08. The van der Waals surface area contributed by atoms with E-state index in [1.807, 2.05) is 0 Å². The van der Waals surface area contributed by atoms with E-state index in [2.05, 4.69) is 25.0 Å². The van der Waals surface area contributed by atoms with Gasteiger partial charge in [0.25, 0.3) is 0 Å². The number of Topliss-reactive ketones (excluding diaryl/α,β-unsaturated/α-hetero) is 1. The Hall–Kier alpha value is -3.34. The summed E-state index contributed by atoms with van der Waals surface area (Å²) in [6, 6.07) is 7.69. The van der Waals surface area contributed by atoms with Crippen molar-refractivity contribution >= 4 is 34.7 Å². The van der Waals surface area contributed by atoms with Gasteiger partial charge in [-0.1, -0.05) is 12.1 Å². The predicted octanol–water partition coefficient (Wildman–Crippen LogP) is 4.04. The van der Waals surface area contributed by atoms with Crippen molar-refractivity contribution in [2.24, 2.45) is 0 Å². The van der Waals surface area contributed by atoms with Crippen LogP contribution in [0.25, 0.3) is 10.4 Å². The number of ketones is 1. The summed E-state index contributed by atoms with van der Waals surface area (Å²) in [6.07, 6.45) is -1.90. The van der Waals surface area contributed by atoms with Crippen LogP contribution in [0.5, 0.6) is 0 Å². The maximum atomic E-state index is 12.8. The number of carbonyl (C=O) groups excluding carboxylic acids is 2. The molecule has 0 saturated heterocycles. The fourth-order valence-corrected chi connectivity index (χ4v) is 3.33. The third kappa shape index (κ3) is 5.83. The molecule has 1 N–H and O–H groups in total. The lowest BCUT2D eigenvalue weighted by molar-refractivity contribution is -0.145. The number of aromatic nitrogens is 3. The Kier molecular flexibility index (Phi) is 6.40. The van der Waals surface area contributed by atoms with E-state index < -0.39 is 17.8 Å². The Morgan fingerprint density at radius 3 is 2.73 bits per heavy atom. The number of thiazole rings is 1. The van der Waals surface area contributed by atoms with Gasteiger partial charge in [0.2, 0.25) is 5.95 Å². The standard InChI is InChI=1S/C19H15F3N4O3S/c1-11(27)29-10-14(28)8-17-24-9-15(30-17)12-3-2-4-13(7-12)25-18-23-6-5-16(26-18)19(20,21)22/h2-7,9H,8,10H2,1H3,(H,23,25,26). The maximum absolute atomic E-state index is 12.8. The molecule has 0 bridgehead atoms. The Balaban J connectivity index is 1.71. The molecule has 0 unspecified atom stereocenters. The maximum Gasteiger partial charge on any atom is 0.433 e. The highest BCUT2D eigenvalue weighted by Gasteiger charge is 2.32. The third-order valence-corrected chi connectivity index (χ3v) is 4.73. The largest absolute Gasteiger partial charge is 0.458 e. The number of rotatable bonds is 7. The number of halogens is 3. The van der Waals surface area contributed by atoms with Gasteiger partial charge in [0, 0.05) is 25.0 Å². The Morgan fingerprint density at radius 2 is 2.00 bits per heavy atom. The summed E-state index contributed by atoms with van der Waals surface area (Å²) in [7, 11) is 0. The molecule has 11 heteroatoms. The molecule has 0 radical (unpaired) electrons. The number of anilines is 2. The monoisotopic (exact) mass is 436 g/mol. The number of ether oxygens (including phenoxy) is 1. The second-order valence-corrected chi connectivity index (χ2v) is 7.20. The van der Waals surface area contributed by atoms with Gasteiger partial charge in [0.05, 0.1) is 11.3 Å². The molecule has 3 rings (SSSR count). The first-order valence-electron chi connectivity index (χ1n) is 8.58. The molecule has 0 amide bonds. The Morgan fingerprint density at radius 1 is 1.20 bits per heavy atom. The summed E-state index contributed by atoms with van der Waals surface area (Å²) in [4.78, 5) is 34.8. The van der Waals surface area contributed by atoms with Crippen LogP contribution in [0.2, 0.25) is 0 Å². The van der Waals surface area contributed by atoms with Crippen molar-refractivity contribution in [1.82, 2.24) is 15.0 Å². The summed E-state index contributed by atoms with van der Waals surface area (Å²) in [5.41, 5.74) is 0.206. The molecular weight excluding hydrogens is 421 g/mol. The molecule has 0 aliphatic heterocycles. The van der Waals surface area contributed by atoms with Gasteiger partial charge in [0.15, 0.2) is 5.78 Å². The van der Waals surface area contributed by atoms with E-state index in [9.17, 15) is 22.8 Å². The smallest absolute Gasteiger partial charge is 0.433 e. The summed E-state index contributed by atoms with van der Waals surface area (Å²) in [5, 5.41) is 3.31. The van der Waals surface area contributed by atoms with Crippen LogP contribution in [-0.4, -0.2) is 33.3 Å². The second kappa shape index (κ2) is 8.99. The molecule has 1 aromatic carbocycles. The van der Waals surface area contributed by atoms with Gasteiger partial charge in [-0.2, -0.15) is 13.2 Å². The van der Waals surface area contributed by atoms with Gasteiger partial charge >= 0.3 is 12.1 Å². The molecule has 3 aromatic rings. The van der Waals surface area contributed by atoms with Crippen molar-refractivity contribution in [3.63, 3.8) is 0 Å². The number of alkyl halides is 3. The molecular formula is C19H15F3N4O3S. The van der Waals surface area contributed by atoms with E-state index in [4.69, 9.17) is 0 Å². The molecule has 2 heterocycles. The van der Waals surface area contributed by atoms with E-state index in [1.165, 1.54) is 18.3 Å². The van der Waals surface area contributed by atoms with Crippen molar-refractivity contribution < 1.29 is 27.5 Å². The van der Waals surface area contributed by atoms with E-state index in [0.717, 1.165) is 22.7 Å². The van der Waals surface area contributed by atoms with Crippen LogP contribution >= 0.6 is 11.3 Å². The number of benzene rings is 1. The summed E-state index contributed by atoms with van der Waals surface area (Å²) in [6.45, 7) is 0.918. The average molecular weight is 436 g/mol. The number of esters is 1. The minimum Gasteiger partial charge on any atom is -0.458 e. The van der Waals surface area contributed by atoms with Crippen LogP contribution in [0.1, 0.15) is 17.6 Å². The van der Waals surface area contributed by atoms with Crippen molar-refractivity contribution in [3.8, 4) is 10.4 Å². The van der Waals surface area contributed by atoms with Crippen LogP contribution in [0.3, 0.4) is 0 Å². The van der Waals surface area contributed by atoms with Gasteiger partial charge in [-0.3, -0.25) is 9.59 Å². The van der Waals surface area contributed by atoms with Crippen LogP contribution in [0.4, 0.5) is 24.8 Å². The first-order valence-corrected chi connectivity index (χ1v) is 9.40. The molecule has 0 fully saturated rings.